The molecular weight excluding hydrogens is 256 g/mol. The summed E-state index contributed by atoms with van der Waals surface area (Å²) in [5.74, 6) is 0.423. The quantitative estimate of drug-likeness (QED) is 0.829. The van der Waals surface area contributed by atoms with Gasteiger partial charge in [0.15, 0.2) is 0 Å². The lowest BCUT2D eigenvalue weighted by Gasteiger charge is -2.28. The van der Waals surface area contributed by atoms with Gasteiger partial charge in [-0.2, -0.15) is 0 Å². The Morgan fingerprint density at radius 1 is 1.40 bits per heavy atom. The first-order valence-corrected chi connectivity index (χ1v) is 7.43. The van der Waals surface area contributed by atoms with Gasteiger partial charge in [0, 0.05) is 25.7 Å². The van der Waals surface area contributed by atoms with Gasteiger partial charge in [-0.05, 0) is 53.9 Å². The molecule has 0 radical (unpaired) electrons. The molecule has 1 aliphatic rings. The van der Waals surface area contributed by atoms with Crippen LogP contribution in [0.2, 0.25) is 0 Å². The molecule has 0 aromatic carbocycles. The number of aliphatic hydroxyl groups is 1. The van der Waals surface area contributed by atoms with Crippen LogP contribution in [0, 0.1) is 5.92 Å². The van der Waals surface area contributed by atoms with Gasteiger partial charge in [0.2, 0.25) is 0 Å². The van der Waals surface area contributed by atoms with E-state index in [1.165, 1.54) is 0 Å². The van der Waals surface area contributed by atoms with E-state index in [1.807, 2.05) is 27.7 Å². The molecule has 1 amide bonds. The number of rotatable bonds is 4. The van der Waals surface area contributed by atoms with Crippen molar-refractivity contribution < 1.29 is 14.6 Å². The Kier molecular flexibility index (Phi) is 5.44. The first-order chi connectivity index (χ1) is 8.99. The normalized spacial score (nSPS) is 21.9. The third kappa shape index (κ3) is 5.67. The van der Waals surface area contributed by atoms with Gasteiger partial charge in [0.1, 0.15) is 5.60 Å². The molecule has 0 aromatic rings. The third-order valence-electron chi connectivity index (χ3n) is 3.71. The number of amides is 1. The maximum Gasteiger partial charge on any atom is 0.410 e. The van der Waals surface area contributed by atoms with Crippen LogP contribution < -0.4 is 5.32 Å². The molecule has 1 heterocycles. The number of nitrogens with one attached hydrogen (secondary N) is 1. The van der Waals surface area contributed by atoms with Crippen molar-refractivity contribution >= 4 is 6.09 Å². The smallest absolute Gasteiger partial charge is 0.410 e. The zero-order valence-electron chi connectivity index (χ0n) is 13.7. The summed E-state index contributed by atoms with van der Waals surface area (Å²) < 4.78 is 5.38. The minimum atomic E-state index is -0.733. The van der Waals surface area contributed by atoms with Crippen LogP contribution in [0.3, 0.4) is 0 Å². The predicted molar refractivity (Wildman–Crippen MR) is 79.7 cm³/mol. The van der Waals surface area contributed by atoms with E-state index in [2.05, 4.69) is 5.32 Å². The summed E-state index contributed by atoms with van der Waals surface area (Å²) in [5.41, 5.74) is -1.17. The van der Waals surface area contributed by atoms with Crippen molar-refractivity contribution in [1.82, 2.24) is 10.2 Å². The molecule has 5 heteroatoms. The summed E-state index contributed by atoms with van der Waals surface area (Å²) in [6.45, 7) is 13.5. The van der Waals surface area contributed by atoms with Gasteiger partial charge in [-0.25, -0.2) is 4.79 Å². The second-order valence-corrected chi connectivity index (χ2v) is 7.36. The topological polar surface area (TPSA) is 61.8 Å². The maximum atomic E-state index is 11.9. The van der Waals surface area contributed by atoms with Gasteiger partial charge in [0.05, 0.1) is 5.60 Å². The molecule has 2 atom stereocenters. The molecule has 0 spiro atoms. The third-order valence-corrected chi connectivity index (χ3v) is 3.71. The van der Waals surface area contributed by atoms with Crippen molar-refractivity contribution in [3.8, 4) is 0 Å². The molecule has 2 N–H and O–H groups in total. The fraction of sp³-hybridized carbons (Fsp3) is 0.933. The highest BCUT2D eigenvalue weighted by Crippen LogP contribution is 2.19. The van der Waals surface area contributed by atoms with E-state index in [1.54, 1.807) is 18.7 Å². The van der Waals surface area contributed by atoms with Crippen LogP contribution in [0.15, 0.2) is 0 Å². The van der Waals surface area contributed by atoms with Crippen molar-refractivity contribution in [2.75, 3.05) is 19.6 Å². The summed E-state index contributed by atoms with van der Waals surface area (Å²) in [6.07, 6.45) is 0.751. The van der Waals surface area contributed by atoms with Gasteiger partial charge >= 0.3 is 6.09 Å². The molecule has 0 bridgehead atoms. The molecule has 1 saturated heterocycles. The maximum absolute atomic E-state index is 11.9. The highest BCUT2D eigenvalue weighted by Gasteiger charge is 2.30. The fourth-order valence-electron chi connectivity index (χ4n) is 2.08. The van der Waals surface area contributed by atoms with Crippen molar-refractivity contribution in [3.05, 3.63) is 0 Å². The fourth-order valence-corrected chi connectivity index (χ4v) is 2.08. The highest BCUT2D eigenvalue weighted by molar-refractivity contribution is 5.68. The van der Waals surface area contributed by atoms with Crippen LogP contribution in [0.4, 0.5) is 4.79 Å². The predicted octanol–water partition coefficient (Wildman–Crippen LogP) is 1.99. The number of ether oxygens (including phenoxy) is 1. The summed E-state index contributed by atoms with van der Waals surface area (Å²) in [7, 11) is 0. The Balaban J connectivity index is 2.35. The van der Waals surface area contributed by atoms with Gasteiger partial charge in [0.25, 0.3) is 0 Å². The van der Waals surface area contributed by atoms with E-state index in [-0.39, 0.29) is 12.1 Å². The van der Waals surface area contributed by atoms with Crippen LogP contribution in [0.5, 0.6) is 0 Å². The molecular formula is C15H30N2O3. The van der Waals surface area contributed by atoms with E-state index in [0.717, 1.165) is 26.1 Å². The van der Waals surface area contributed by atoms with Crippen LogP contribution in [0.25, 0.3) is 0 Å². The average Bonchev–Trinajstić information content (AvgIpc) is 2.70. The Hall–Kier alpha value is -0.810. The number of nitrogens with zero attached hydrogens (tertiary/aromatic N) is 1. The average molecular weight is 286 g/mol. The minimum Gasteiger partial charge on any atom is -0.444 e. The highest BCUT2D eigenvalue weighted by atomic mass is 16.6. The number of hydrogen-bond acceptors (Lipinski definition) is 4. The van der Waals surface area contributed by atoms with Crippen molar-refractivity contribution in [1.29, 1.82) is 0 Å². The van der Waals surface area contributed by atoms with Crippen LogP contribution in [-0.2, 0) is 4.74 Å². The summed E-state index contributed by atoms with van der Waals surface area (Å²) >= 11 is 0. The summed E-state index contributed by atoms with van der Waals surface area (Å²) in [5, 5.41) is 13.2. The van der Waals surface area contributed by atoms with Gasteiger partial charge in [-0.3, -0.25) is 0 Å². The number of hydrogen-bond donors (Lipinski definition) is 2. The van der Waals surface area contributed by atoms with Crippen molar-refractivity contribution in [3.63, 3.8) is 0 Å². The van der Waals surface area contributed by atoms with E-state index in [9.17, 15) is 9.90 Å². The Morgan fingerprint density at radius 3 is 2.50 bits per heavy atom. The van der Waals surface area contributed by atoms with Crippen molar-refractivity contribution in [2.45, 2.75) is 65.2 Å². The molecule has 0 aliphatic carbocycles. The molecule has 0 aromatic heterocycles. The second-order valence-electron chi connectivity index (χ2n) is 7.36. The van der Waals surface area contributed by atoms with Gasteiger partial charge in [-0.15, -0.1) is 0 Å². The van der Waals surface area contributed by atoms with Gasteiger partial charge in [-0.1, -0.05) is 0 Å². The summed E-state index contributed by atoms with van der Waals surface area (Å²) in [4.78, 5) is 13.7. The molecule has 2 unspecified atom stereocenters. The Morgan fingerprint density at radius 2 is 2.00 bits per heavy atom. The van der Waals surface area contributed by atoms with E-state index in [4.69, 9.17) is 4.74 Å². The zero-order chi connectivity index (χ0) is 15.6. The molecule has 0 saturated carbocycles. The summed E-state index contributed by atoms with van der Waals surface area (Å²) in [6, 6.07) is 0.0260. The van der Waals surface area contributed by atoms with E-state index in [0.29, 0.717) is 5.92 Å². The lowest BCUT2D eigenvalue weighted by molar-refractivity contribution is 0.0281. The second kappa shape index (κ2) is 6.31. The molecule has 5 nitrogen and oxygen atoms in total. The van der Waals surface area contributed by atoms with Crippen LogP contribution >= 0.6 is 0 Å². The van der Waals surface area contributed by atoms with Crippen molar-refractivity contribution in [2.24, 2.45) is 5.92 Å². The minimum absolute atomic E-state index is 0.0260. The largest absolute Gasteiger partial charge is 0.444 e. The number of carbonyl (C=O) groups is 1. The van der Waals surface area contributed by atoms with E-state index < -0.39 is 11.2 Å². The standard InChI is InChI=1S/C15H30N2O3/c1-11(15(5,6)19)16-9-12-7-8-17(10-12)13(18)20-14(2,3)4/h11-12,16,19H,7-10H2,1-6H3. The molecule has 20 heavy (non-hydrogen) atoms. The van der Waals surface area contributed by atoms with Crippen LogP contribution in [-0.4, -0.2) is 53.0 Å². The molecule has 1 rings (SSSR count). The Bertz CT molecular complexity index is 331. The lowest BCUT2D eigenvalue weighted by atomic mass is 10.00. The monoisotopic (exact) mass is 286 g/mol. The first kappa shape index (κ1) is 17.2. The lowest BCUT2D eigenvalue weighted by Crippen LogP contribution is -2.46. The molecule has 1 aliphatic heterocycles. The molecule has 1 fully saturated rings. The number of carbonyl (C=O) groups excluding carboxylic acids is 1. The zero-order valence-corrected chi connectivity index (χ0v) is 13.7. The molecule has 118 valence electrons. The number of likely N-dealkylation sites (tertiary alicyclic amines) is 1. The van der Waals surface area contributed by atoms with E-state index >= 15 is 0 Å². The Labute approximate surface area is 122 Å². The van der Waals surface area contributed by atoms with Crippen LogP contribution in [0.1, 0.15) is 48.0 Å². The SMILES string of the molecule is CC(NCC1CCN(C(=O)OC(C)(C)C)C1)C(C)(C)O. The first-order valence-electron chi connectivity index (χ1n) is 7.43. The van der Waals surface area contributed by atoms with Gasteiger partial charge < -0.3 is 20.1 Å².